The highest BCUT2D eigenvalue weighted by Crippen LogP contribution is 2.44. The molecule has 1 aliphatic carbocycles. The second-order valence-electron chi connectivity index (χ2n) is 8.47. The highest BCUT2D eigenvalue weighted by Gasteiger charge is 2.32. The van der Waals surface area contributed by atoms with Crippen LogP contribution in [0.4, 0.5) is 4.79 Å². The third-order valence-corrected chi connectivity index (χ3v) is 6.31. The monoisotopic (exact) mass is 467 g/mol. The van der Waals surface area contributed by atoms with Gasteiger partial charge in [0, 0.05) is 39.2 Å². The van der Waals surface area contributed by atoms with Gasteiger partial charge >= 0.3 is 12.1 Å². The van der Waals surface area contributed by atoms with E-state index in [4.69, 9.17) is 14.6 Å². The van der Waals surface area contributed by atoms with Crippen molar-refractivity contribution in [1.29, 1.82) is 0 Å². The minimum atomic E-state index is -0.894. The Morgan fingerprint density at radius 3 is 2.15 bits per heavy atom. The van der Waals surface area contributed by atoms with Crippen molar-refractivity contribution in [3.63, 3.8) is 0 Å². The Morgan fingerprint density at radius 2 is 1.59 bits per heavy atom. The van der Waals surface area contributed by atoms with E-state index in [1.807, 2.05) is 36.4 Å². The Kier molecular flexibility index (Phi) is 7.44. The maximum Gasteiger partial charge on any atom is 0.407 e. The number of methoxy groups -OCH3 is 1. The Morgan fingerprint density at radius 1 is 1.00 bits per heavy atom. The number of rotatable bonds is 8. The van der Waals surface area contributed by atoms with Crippen LogP contribution in [0.2, 0.25) is 0 Å². The number of ether oxygens (including phenoxy) is 2. The van der Waals surface area contributed by atoms with Gasteiger partial charge in [-0.05, 0) is 22.3 Å². The van der Waals surface area contributed by atoms with E-state index in [1.54, 1.807) is 9.80 Å². The van der Waals surface area contributed by atoms with Gasteiger partial charge < -0.3 is 24.8 Å². The van der Waals surface area contributed by atoms with E-state index in [1.165, 1.54) is 7.11 Å². The second kappa shape index (κ2) is 10.7. The molecule has 180 valence electrons. The van der Waals surface area contributed by atoms with Crippen LogP contribution in [0.5, 0.6) is 0 Å². The van der Waals surface area contributed by atoms with Crippen LogP contribution in [0.3, 0.4) is 0 Å². The molecule has 0 radical (unpaired) electrons. The third-order valence-electron chi connectivity index (χ3n) is 6.31. The lowest BCUT2D eigenvalue weighted by Crippen LogP contribution is -2.56. The Hall–Kier alpha value is -3.43. The van der Waals surface area contributed by atoms with E-state index in [2.05, 4.69) is 17.4 Å². The molecule has 0 unspecified atom stereocenters. The van der Waals surface area contributed by atoms with Crippen molar-refractivity contribution in [2.75, 3.05) is 53.0 Å². The SMILES string of the molecule is COC[C@H](NC(=O)OCC1c2ccccc2-c2ccccc21)C(=O)N1CCN(CC(=O)O)CC1. The van der Waals surface area contributed by atoms with Crippen LogP contribution in [0.25, 0.3) is 11.1 Å². The third kappa shape index (κ3) is 5.21. The van der Waals surface area contributed by atoms with E-state index in [0.717, 1.165) is 22.3 Å². The molecule has 34 heavy (non-hydrogen) atoms. The molecule has 9 heteroatoms. The molecule has 2 N–H and O–H groups in total. The molecule has 1 fully saturated rings. The summed E-state index contributed by atoms with van der Waals surface area (Å²) in [6.07, 6.45) is -0.679. The van der Waals surface area contributed by atoms with Crippen LogP contribution >= 0.6 is 0 Å². The first-order valence-electron chi connectivity index (χ1n) is 11.3. The minimum Gasteiger partial charge on any atom is -0.480 e. The number of carbonyl (C=O) groups is 3. The molecule has 1 heterocycles. The standard InChI is InChI=1S/C25H29N3O6/c1-33-16-22(24(31)28-12-10-27(11-13-28)14-23(29)30)26-25(32)34-15-21-19-8-4-2-6-17(19)18-7-3-5-9-20(18)21/h2-9,21-22H,10-16H2,1H3,(H,26,32)(H,29,30)/t22-/m0/s1. The highest BCUT2D eigenvalue weighted by molar-refractivity contribution is 5.86. The van der Waals surface area contributed by atoms with Gasteiger partial charge in [0.25, 0.3) is 0 Å². The fourth-order valence-corrected chi connectivity index (χ4v) is 4.66. The lowest BCUT2D eigenvalue weighted by atomic mass is 9.98. The molecular formula is C25H29N3O6. The van der Waals surface area contributed by atoms with E-state index < -0.39 is 18.1 Å². The van der Waals surface area contributed by atoms with Crippen molar-refractivity contribution >= 4 is 18.0 Å². The quantitative estimate of drug-likeness (QED) is 0.609. The fraction of sp³-hybridized carbons (Fsp3) is 0.400. The van der Waals surface area contributed by atoms with Crippen molar-refractivity contribution in [2.45, 2.75) is 12.0 Å². The van der Waals surface area contributed by atoms with Gasteiger partial charge in [0.15, 0.2) is 0 Å². The molecule has 0 spiro atoms. The number of carboxylic acids is 1. The van der Waals surface area contributed by atoms with E-state index >= 15 is 0 Å². The van der Waals surface area contributed by atoms with Gasteiger partial charge in [0.05, 0.1) is 13.2 Å². The summed E-state index contributed by atoms with van der Waals surface area (Å²) in [5, 5.41) is 11.6. The summed E-state index contributed by atoms with van der Waals surface area (Å²) in [6.45, 7) is 1.81. The zero-order chi connectivity index (χ0) is 24.1. The van der Waals surface area contributed by atoms with Crippen molar-refractivity contribution < 1.29 is 29.0 Å². The van der Waals surface area contributed by atoms with E-state index in [0.29, 0.717) is 26.2 Å². The zero-order valence-corrected chi connectivity index (χ0v) is 19.1. The largest absolute Gasteiger partial charge is 0.480 e. The number of carbonyl (C=O) groups excluding carboxylic acids is 2. The topological polar surface area (TPSA) is 108 Å². The zero-order valence-electron chi connectivity index (χ0n) is 19.1. The summed E-state index contributed by atoms with van der Waals surface area (Å²) >= 11 is 0. The number of aliphatic carboxylic acids is 1. The highest BCUT2D eigenvalue weighted by atomic mass is 16.5. The molecule has 2 aromatic rings. The van der Waals surface area contributed by atoms with Gasteiger partial charge in [0.2, 0.25) is 5.91 Å². The molecule has 0 saturated carbocycles. The van der Waals surface area contributed by atoms with Crippen LogP contribution in [0.15, 0.2) is 48.5 Å². The number of hydrogen-bond donors (Lipinski definition) is 2. The molecule has 0 aromatic heterocycles. The van der Waals surface area contributed by atoms with Crippen LogP contribution < -0.4 is 5.32 Å². The average molecular weight is 468 g/mol. The van der Waals surface area contributed by atoms with Crippen LogP contribution in [-0.4, -0.2) is 92.0 Å². The summed E-state index contributed by atoms with van der Waals surface area (Å²) in [5.74, 6) is -1.24. The number of carboxylic acid groups (broad SMARTS) is 1. The first-order valence-corrected chi connectivity index (χ1v) is 11.3. The van der Waals surface area contributed by atoms with Crippen molar-refractivity contribution in [2.24, 2.45) is 0 Å². The molecule has 4 rings (SSSR count). The Labute approximate surface area is 198 Å². The number of amides is 2. The van der Waals surface area contributed by atoms with Gasteiger partial charge in [-0.2, -0.15) is 0 Å². The minimum absolute atomic E-state index is 0.0123. The first-order chi connectivity index (χ1) is 16.5. The molecule has 9 nitrogen and oxygen atoms in total. The van der Waals surface area contributed by atoms with E-state index in [9.17, 15) is 14.4 Å². The summed E-state index contributed by atoms with van der Waals surface area (Å²) in [5.41, 5.74) is 4.50. The van der Waals surface area contributed by atoms with Crippen LogP contribution in [0, 0.1) is 0 Å². The fourth-order valence-electron chi connectivity index (χ4n) is 4.66. The van der Waals surface area contributed by atoms with Crippen LogP contribution in [-0.2, 0) is 19.1 Å². The van der Waals surface area contributed by atoms with Gasteiger partial charge in [-0.25, -0.2) is 4.79 Å². The second-order valence-corrected chi connectivity index (χ2v) is 8.47. The Bertz CT molecular complexity index is 1000. The predicted molar refractivity (Wildman–Crippen MR) is 125 cm³/mol. The van der Waals surface area contributed by atoms with E-state index in [-0.39, 0.29) is 31.6 Å². The molecule has 2 aromatic carbocycles. The molecular weight excluding hydrogens is 438 g/mol. The summed E-state index contributed by atoms with van der Waals surface area (Å²) in [7, 11) is 1.46. The molecule has 0 bridgehead atoms. The number of benzene rings is 2. The van der Waals surface area contributed by atoms with Crippen molar-refractivity contribution in [3.05, 3.63) is 59.7 Å². The summed E-state index contributed by atoms with van der Waals surface area (Å²) in [6, 6.07) is 15.3. The maximum absolute atomic E-state index is 13.0. The van der Waals surface area contributed by atoms with Gasteiger partial charge in [-0.3, -0.25) is 14.5 Å². The molecule has 1 saturated heterocycles. The van der Waals surface area contributed by atoms with Gasteiger partial charge in [0.1, 0.15) is 12.6 Å². The first kappa shape index (κ1) is 23.7. The van der Waals surface area contributed by atoms with Crippen LogP contribution in [0.1, 0.15) is 17.0 Å². The van der Waals surface area contributed by atoms with Gasteiger partial charge in [-0.15, -0.1) is 0 Å². The lowest BCUT2D eigenvalue weighted by Gasteiger charge is -2.35. The van der Waals surface area contributed by atoms with Crippen molar-refractivity contribution in [1.82, 2.24) is 15.1 Å². The molecule has 1 atom stereocenters. The molecule has 2 amide bonds. The maximum atomic E-state index is 13.0. The summed E-state index contributed by atoms with van der Waals surface area (Å²) in [4.78, 5) is 39.9. The average Bonchev–Trinajstić information content (AvgIpc) is 3.16. The normalized spacial score (nSPS) is 16.4. The smallest absolute Gasteiger partial charge is 0.407 e. The number of alkyl carbamates (subject to hydrolysis) is 1. The van der Waals surface area contributed by atoms with Crippen molar-refractivity contribution in [3.8, 4) is 11.1 Å². The number of hydrogen-bond acceptors (Lipinski definition) is 6. The number of fused-ring (bicyclic) bond motifs is 3. The number of nitrogens with one attached hydrogen (secondary N) is 1. The number of piperazine rings is 1. The lowest BCUT2D eigenvalue weighted by molar-refractivity contribution is -0.140. The number of nitrogens with zero attached hydrogens (tertiary/aromatic N) is 2. The summed E-state index contributed by atoms with van der Waals surface area (Å²) < 4.78 is 10.7. The molecule has 1 aliphatic heterocycles. The predicted octanol–water partition coefficient (Wildman–Crippen LogP) is 1.77. The molecule has 2 aliphatic rings. The Balaban J connectivity index is 1.35. The van der Waals surface area contributed by atoms with Gasteiger partial charge in [-0.1, -0.05) is 48.5 Å².